The smallest absolute Gasteiger partial charge is 0.261 e. The van der Waals surface area contributed by atoms with Crippen molar-refractivity contribution in [3.8, 4) is 11.5 Å². The van der Waals surface area contributed by atoms with Crippen LogP contribution in [-0.2, 0) is 17.9 Å². The Balaban J connectivity index is 1.55. The number of hydrogen-bond acceptors (Lipinski definition) is 4. The Morgan fingerprint density at radius 2 is 1.87 bits per heavy atom. The average molecular weight is 419 g/mol. The average Bonchev–Trinajstić information content (AvgIpc) is 2.77. The van der Waals surface area contributed by atoms with Crippen molar-refractivity contribution in [3.05, 3.63) is 89.2 Å². The highest BCUT2D eigenvalue weighted by Gasteiger charge is 2.17. The normalized spacial score (nSPS) is 11.8. The molecule has 2 aromatic carbocycles. The van der Waals surface area contributed by atoms with Gasteiger partial charge in [0.1, 0.15) is 18.1 Å². The van der Waals surface area contributed by atoms with Gasteiger partial charge in [-0.15, -0.1) is 0 Å². The number of pyridine rings is 1. The maximum absolute atomic E-state index is 12.6. The molecule has 0 aliphatic rings. The Morgan fingerprint density at radius 3 is 2.61 bits per heavy atom. The van der Waals surface area contributed by atoms with Crippen LogP contribution >= 0.6 is 0 Å². The van der Waals surface area contributed by atoms with Gasteiger partial charge in [-0.25, -0.2) is 0 Å². The largest absolute Gasteiger partial charge is 0.487 e. The fraction of sp³-hybridized carbons (Fsp3) is 0.308. The van der Waals surface area contributed by atoms with E-state index >= 15 is 0 Å². The number of amides is 1. The van der Waals surface area contributed by atoms with Crippen LogP contribution in [0.5, 0.6) is 11.5 Å². The molecule has 0 spiro atoms. The van der Waals surface area contributed by atoms with Gasteiger partial charge in [0, 0.05) is 12.7 Å². The van der Waals surface area contributed by atoms with Crippen LogP contribution in [0.25, 0.3) is 0 Å². The quantitative estimate of drug-likeness (QED) is 0.520. The Kier molecular flexibility index (Phi) is 7.65. The first kappa shape index (κ1) is 22.3. The summed E-state index contributed by atoms with van der Waals surface area (Å²) < 4.78 is 11.8. The van der Waals surface area contributed by atoms with Crippen molar-refractivity contribution in [2.24, 2.45) is 0 Å². The van der Waals surface area contributed by atoms with Gasteiger partial charge in [-0.3, -0.25) is 9.78 Å². The lowest BCUT2D eigenvalue weighted by molar-refractivity contribution is -0.127. The molecule has 1 aromatic heterocycles. The Bertz CT molecular complexity index is 1000. The van der Waals surface area contributed by atoms with Gasteiger partial charge >= 0.3 is 0 Å². The minimum Gasteiger partial charge on any atom is -0.487 e. The van der Waals surface area contributed by atoms with Crippen LogP contribution in [0.3, 0.4) is 0 Å². The predicted octanol–water partition coefficient (Wildman–Crippen LogP) is 5.18. The number of hydrogen-bond donors (Lipinski definition) is 1. The second kappa shape index (κ2) is 10.6. The monoisotopic (exact) mass is 418 g/mol. The molecule has 1 N–H and O–H groups in total. The maximum atomic E-state index is 12.6. The molecule has 0 radical (unpaired) electrons. The van der Waals surface area contributed by atoms with Gasteiger partial charge in [0.25, 0.3) is 5.91 Å². The first-order valence-electron chi connectivity index (χ1n) is 10.6. The predicted molar refractivity (Wildman–Crippen MR) is 122 cm³/mol. The zero-order valence-corrected chi connectivity index (χ0v) is 18.6. The Hall–Kier alpha value is -3.34. The van der Waals surface area contributed by atoms with Crippen LogP contribution in [0.2, 0.25) is 0 Å². The summed E-state index contributed by atoms with van der Waals surface area (Å²) in [5, 5.41) is 2.95. The van der Waals surface area contributed by atoms with Crippen molar-refractivity contribution >= 4 is 5.91 Å². The molecule has 0 aliphatic carbocycles. The van der Waals surface area contributed by atoms with Crippen molar-refractivity contribution in [2.45, 2.75) is 52.9 Å². The molecule has 5 nitrogen and oxygen atoms in total. The summed E-state index contributed by atoms with van der Waals surface area (Å²) in [6.07, 6.45) is 1.15. The number of nitrogens with one attached hydrogen (secondary N) is 1. The van der Waals surface area contributed by atoms with Gasteiger partial charge in [-0.05, 0) is 66.8 Å². The van der Waals surface area contributed by atoms with E-state index in [0.29, 0.717) is 19.1 Å². The van der Waals surface area contributed by atoms with Gasteiger partial charge in [0.05, 0.1) is 5.69 Å². The maximum Gasteiger partial charge on any atom is 0.261 e. The second-order valence-electron chi connectivity index (χ2n) is 7.93. The lowest BCUT2D eigenvalue weighted by Gasteiger charge is -2.19. The SMILES string of the molecule is Cc1ccc(C(C)C)c(OC(C)C(=O)NCc2cccc(OCc3ccccn3)c2)c1. The third-order valence-corrected chi connectivity index (χ3v) is 4.94. The molecule has 31 heavy (non-hydrogen) atoms. The fourth-order valence-electron chi connectivity index (χ4n) is 3.18. The number of carbonyl (C=O) groups excluding carboxylic acids is 1. The summed E-state index contributed by atoms with van der Waals surface area (Å²) in [5.74, 6) is 1.67. The van der Waals surface area contributed by atoms with Crippen LogP contribution in [0.15, 0.2) is 66.9 Å². The molecular weight excluding hydrogens is 388 g/mol. The lowest BCUT2D eigenvalue weighted by atomic mass is 10.0. The Morgan fingerprint density at radius 1 is 1.03 bits per heavy atom. The molecule has 0 fully saturated rings. The molecule has 162 valence electrons. The van der Waals surface area contributed by atoms with Crippen LogP contribution in [0.1, 0.15) is 49.1 Å². The minimum atomic E-state index is -0.595. The van der Waals surface area contributed by atoms with Crippen molar-refractivity contribution in [3.63, 3.8) is 0 Å². The van der Waals surface area contributed by atoms with Crippen LogP contribution < -0.4 is 14.8 Å². The summed E-state index contributed by atoms with van der Waals surface area (Å²) in [6, 6.07) is 19.5. The molecule has 0 bridgehead atoms. The summed E-state index contributed by atoms with van der Waals surface area (Å²) in [6.45, 7) is 8.82. The lowest BCUT2D eigenvalue weighted by Crippen LogP contribution is -2.36. The molecule has 1 unspecified atom stereocenters. The third kappa shape index (κ3) is 6.57. The number of carbonyl (C=O) groups is 1. The van der Waals surface area contributed by atoms with Gasteiger partial charge < -0.3 is 14.8 Å². The van der Waals surface area contributed by atoms with Crippen molar-refractivity contribution in [1.29, 1.82) is 0 Å². The number of rotatable bonds is 9. The highest BCUT2D eigenvalue weighted by atomic mass is 16.5. The standard InChI is InChI=1S/C26H30N2O3/c1-18(2)24-12-11-19(3)14-25(24)31-20(4)26(29)28-16-21-8-7-10-23(15-21)30-17-22-9-5-6-13-27-22/h5-15,18,20H,16-17H2,1-4H3,(H,28,29). The molecular formula is C26H30N2O3. The highest BCUT2D eigenvalue weighted by molar-refractivity contribution is 5.80. The molecule has 1 amide bonds. The van der Waals surface area contributed by atoms with E-state index in [4.69, 9.17) is 9.47 Å². The van der Waals surface area contributed by atoms with Gasteiger partial charge in [0.15, 0.2) is 6.10 Å². The van der Waals surface area contributed by atoms with E-state index in [9.17, 15) is 4.79 Å². The van der Waals surface area contributed by atoms with Crippen LogP contribution in [0.4, 0.5) is 0 Å². The van der Waals surface area contributed by atoms with Gasteiger partial charge in [-0.1, -0.05) is 44.2 Å². The number of aryl methyl sites for hydroxylation is 1. The zero-order valence-electron chi connectivity index (χ0n) is 18.6. The van der Waals surface area contributed by atoms with Crippen molar-refractivity contribution in [1.82, 2.24) is 10.3 Å². The minimum absolute atomic E-state index is 0.156. The molecule has 0 aliphatic heterocycles. The van der Waals surface area contributed by atoms with E-state index < -0.39 is 6.10 Å². The number of nitrogens with zero attached hydrogens (tertiary/aromatic N) is 1. The molecule has 3 aromatic rings. The van der Waals surface area contributed by atoms with Gasteiger partial charge in [-0.2, -0.15) is 0 Å². The van der Waals surface area contributed by atoms with E-state index in [1.165, 1.54) is 0 Å². The summed E-state index contributed by atoms with van der Waals surface area (Å²) in [7, 11) is 0. The molecule has 3 rings (SSSR count). The summed E-state index contributed by atoms with van der Waals surface area (Å²) in [5.41, 5.74) is 4.03. The number of benzene rings is 2. The number of ether oxygens (including phenoxy) is 2. The molecule has 1 atom stereocenters. The first-order chi connectivity index (χ1) is 14.9. The fourth-order valence-corrected chi connectivity index (χ4v) is 3.18. The molecule has 1 heterocycles. The van der Waals surface area contributed by atoms with Crippen LogP contribution in [0, 0.1) is 6.92 Å². The van der Waals surface area contributed by atoms with E-state index in [2.05, 4.69) is 36.3 Å². The molecule has 0 saturated carbocycles. The third-order valence-electron chi connectivity index (χ3n) is 4.94. The number of aromatic nitrogens is 1. The van der Waals surface area contributed by atoms with E-state index in [-0.39, 0.29) is 5.91 Å². The van der Waals surface area contributed by atoms with Crippen molar-refractivity contribution in [2.75, 3.05) is 0 Å². The topological polar surface area (TPSA) is 60.5 Å². The van der Waals surface area contributed by atoms with E-state index in [1.807, 2.05) is 55.5 Å². The summed E-state index contributed by atoms with van der Waals surface area (Å²) >= 11 is 0. The Labute approximate surface area is 184 Å². The van der Waals surface area contributed by atoms with Crippen molar-refractivity contribution < 1.29 is 14.3 Å². The second-order valence-corrected chi connectivity index (χ2v) is 7.93. The van der Waals surface area contributed by atoms with E-state index in [0.717, 1.165) is 33.9 Å². The van der Waals surface area contributed by atoms with Crippen LogP contribution in [-0.4, -0.2) is 17.0 Å². The summed E-state index contributed by atoms with van der Waals surface area (Å²) in [4.78, 5) is 16.9. The zero-order chi connectivity index (χ0) is 22.2. The van der Waals surface area contributed by atoms with E-state index in [1.54, 1.807) is 13.1 Å². The first-order valence-corrected chi connectivity index (χ1v) is 10.6. The molecule has 0 saturated heterocycles. The molecule has 5 heteroatoms. The highest BCUT2D eigenvalue weighted by Crippen LogP contribution is 2.28. The van der Waals surface area contributed by atoms with Gasteiger partial charge in [0.2, 0.25) is 0 Å².